The Kier molecular flexibility index (Phi) is 7.13. The van der Waals surface area contributed by atoms with E-state index < -0.39 is 5.97 Å². The van der Waals surface area contributed by atoms with Gasteiger partial charge in [-0.3, -0.25) is 14.6 Å². The van der Waals surface area contributed by atoms with Crippen LogP contribution in [0.3, 0.4) is 0 Å². The van der Waals surface area contributed by atoms with Gasteiger partial charge in [0.05, 0.1) is 5.75 Å². The molecule has 0 saturated heterocycles. The fraction of sp³-hybridized carbons (Fsp3) is 0.235. The van der Waals surface area contributed by atoms with Crippen LogP contribution in [0.25, 0.3) is 0 Å². The summed E-state index contributed by atoms with van der Waals surface area (Å²) in [5.74, 6) is 0.371. The first-order valence-corrected chi connectivity index (χ1v) is 8.32. The van der Waals surface area contributed by atoms with Crippen LogP contribution >= 0.6 is 11.8 Å². The summed E-state index contributed by atoms with van der Waals surface area (Å²) in [6, 6.07) is 13.2. The second-order valence-corrected chi connectivity index (χ2v) is 5.76. The van der Waals surface area contributed by atoms with Crippen LogP contribution in [0.4, 0.5) is 0 Å². The van der Waals surface area contributed by atoms with Crippen molar-refractivity contribution in [3.05, 3.63) is 66.0 Å². The molecule has 1 aromatic carbocycles. The molecular weight excluding hydrogens is 312 g/mol. The van der Waals surface area contributed by atoms with E-state index >= 15 is 0 Å². The molecule has 1 heterocycles. The molecule has 5 nitrogen and oxygen atoms in total. The van der Waals surface area contributed by atoms with Gasteiger partial charge in [-0.1, -0.05) is 36.4 Å². The molecule has 2 rings (SSSR count). The highest BCUT2D eigenvalue weighted by Crippen LogP contribution is 2.09. The van der Waals surface area contributed by atoms with Crippen molar-refractivity contribution in [2.45, 2.75) is 12.4 Å². The van der Waals surface area contributed by atoms with Crippen LogP contribution in [-0.4, -0.2) is 29.2 Å². The van der Waals surface area contributed by atoms with Crippen molar-refractivity contribution in [2.75, 3.05) is 12.3 Å². The smallest absolute Gasteiger partial charge is 0.325 e. The minimum Gasteiger partial charge on any atom is -0.460 e. The lowest BCUT2D eigenvalue weighted by atomic mass is 10.2. The lowest BCUT2D eigenvalue weighted by Gasteiger charge is -2.06. The number of aromatic nitrogens is 1. The standard InChI is InChI=1S/C17H18N2O3S/c20-16(13-23-12-15-7-4-8-18-9-15)19-10-17(21)22-11-14-5-2-1-3-6-14/h1-9H,10-13H2,(H,19,20). The molecule has 23 heavy (non-hydrogen) atoms. The maximum Gasteiger partial charge on any atom is 0.325 e. The van der Waals surface area contributed by atoms with E-state index in [1.54, 1.807) is 12.4 Å². The van der Waals surface area contributed by atoms with Crippen molar-refractivity contribution in [3.8, 4) is 0 Å². The minimum atomic E-state index is -0.445. The Labute approximate surface area is 139 Å². The number of nitrogens with zero attached hydrogens (tertiary/aromatic N) is 1. The van der Waals surface area contributed by atoms with E-state index in [1.807, 2.05) is 42.5 Å². The zero-order valence-electron chi connectivity index (χ0n) is 12.6. The fourth-order valence-electron chi connectivity index (χ4n) is 1.76. The first-order valence-electron chi connectivity index (χ1n) is 7.17. The highest BCUT2D eigenvalue weighted by atomic mass is 32.2. The summed E-state index contributed by atoms with van der Waals surface area (Å²) in [7, 11) is 0. The van der Waals surface area contributed by atoms with Gasteiger partial charge in [0, 0.05) is 18.1 Å². The van der Waals surface area contributed by atoms with E-state index in [2.05, 4.69) is 10.3 Å². The van der Waals surface area contributed by atoms with Crippen molar-refractivity contribution in [1.29, 1.82) is 0 Å². The monoisotopic (exact) mass is 330 g/mol. The maximum atomic E-state index is 11.7. The van der Waals surface area contributed by atoms with Crippen LogP contribution in [0.15, 0.2) is 54.9 Å². The average Bonchev–Trinajstić information content (AvgIpc) is 2.60. The van der Waals surface area contributed by atoms with Gasteiger partial charge in [-0.2, -0.15) is 0 Å². The predicted molar refractivity (Wildman–Crippen MR) is 89.6 cm³/mol. The molecule has 1 aromatic heterocycles. The Morgan fingerprint density at radius 2 is 1.87 bits per heavy atom. The molecule has 2 aromatic rings. The third-order valence-electron chi connectivity index (χ3n) is 2.90. The fourth-order valence-corrected chi connectivity index (χ4v) is 2.55. The van der Waals surface area contributed by atoms with E-state index in [1.165, 1.54) is 11.8 Å². The minimum absolute atomic E-state index is 0.112. The summed E-state index contributed by atoms with van der Waals surface area (Å²) in [6.45, 7) is 0.102. The molecule has 0 spiro atoms. The van der Waals surface area contributed by atoms with Crippen LogP contribution in [0.5, 0.6) is 0 Å². The van der Waals surface area contributed by atoms with Gasteiger partial charge in [-0.15, -0.1) is 11.8 Å². The highest BCUT2D eigenvalue weighted by Gasteiger charge is 2.07. The summed E-state index contributed by atoms with van der Waals surface area (Å²) in [6.07, 6.45) is 3.48. The van der Waals surface area contributed by atoms with Gasteiger partial charge in [0.1, 0.15) is 13.2 Å². The molecular formula is C17H18N2O3S. The molecule has 0 bridgehead atoms. The van der Waals surface area contributed by atoms with Crippen LogP contribution in [0, 0.1) is 0 Å². The number of benzene rings is 1. The van der Waals surface area contributed by atoms with Gasteiger partial charge < -0.3 is 10.1 Å². The summed E-state index contributed by atoms with van der Waals surface area (Å²) < 4.78 is 5.08. The molecule has 0 aliphatic rings. The second-order valence-electron chi connectivity index (χ2n) is 4.78. The van der Waals surface area contributed by atoms with Crippen LogP contribution in [0.2, 0.25) is 0 Å². The Hall–Kier alpha value is -2.34. The van der Waals surface area contributed by atoms with E-state index in [4.69, 9.17) is 4.74 Å². The van der Waals surface area contributed by atoms with Crippen molar-refractivity contribution in [2.24, 2.45) is 0 Å². The van der Waals surface area contributed by atoms with Gasteiger partial charge in [0.25, 0.3) is 0 Å². The predicted octanol–water partition coefficient (Wildman–Crippen LogP) is 2.17. The first kappa shape index (κ1) is 17.0. The number of amides is 1. The summed E-state index contributed by atoms with van der Waals surface area (Å²) in [5, 5.41) is 2.56. The molecule has 1 N–H and O–H groups in total. The van der Waals surface area contributed by atoms with Crippen molar-refractivity contribution >= 4 is 23.6 Å². The molecule has 0 aliphatic carbocycles. The molecule has 0 fully saturated rings. The Bertz CT molecular complexity index is 620. The van der Waals surface area contributed by atoms with E-state index in [0.717, 1.165) is 11.1 Å². The SMILES string of the molecule is O=C(CSCc1cccnc1)NCC(=O)OCc1ccccc1. The molecule has 1 amide bonds. The molecule has 0 aliphatic heterocycles. The van der Waals surface area contributed by atoms with Crippen molar-refractivity contribution in [3.63, 3.8) is 0 Å². The molecule has 120 valence electrons. The number of carbonyl (C=O) groups excluding carboxylic acids is 2. The largest absolute Gasteiger partial charge is 0.460 e. The number of esters is 1. The topological polar surface area (TPSA) is 68.3 Å². The Morgan fingerprint density at radius 1 is 1.09 bits per heavy atom. The Morgan fingerprint density at radius 3 is 2.61 bits per heavy atom. The van der Waals surface area contributed by atoms with E-state index in [-0.39, 0.29) is 19.1 Å². The number of nitrogens with one attached hydrogen (secondary N) is 1. The number of carbonyl (C=O) groups is 2. The number of pyridine rings is 1. The third-order valence-corrected chi connectivity index (χ3v) is 3.90. The average molecular weight is 330 g/mol. The number of thioether (sulfide) groups is 1. The maximum absolute atomic E-state index is 11.7. The number of rotatable bonds is 8. The van der Waals surface area contributed by atoms with Gasteiger partial charge in [0.2, 0.25) is 5.91 Å². The lowest BCUT2D eigenvalue weighted by molar-refractivity contribution is -0.145. The quantitative estimate of drug-likeness (QED) is 0.751. The number of hydrogen-bond donors (Lipinski definition) is 1. The van der Waals surface area contributed by atoms with Crippen molar-refractivity contribution in [1.82, 2.24) is 10.3 Å². The first-order chi connectivity index (χ1) is 11.2. The highest BCUT2D eigenvalue weighted by molar-refractivity contribution is 7.99. The van der Waals surface area contributed by atoms with Gasteiger partial charge in [-0.05, 0) is 17.2 Å². The van der Waals surface area contributed by atoms with E-state index in [0.29, 0.717) is 11.5 Å². The zero-order chi connectivity index (χ0) is 16.3. The van der Waals surface area contributed by atoms with Crippen LogP contribution in [0.1, 0.15) is 11.1 Å². The molecule has 0 radical (unpaired) electrons. The zero-order valence-corrected chi connectivity index (χ0v) is 13.4. The summed E-state index contributed by atoms with van der Waals surface area (Å²) in [5.41, 5.74) is 1.98. The van der Waals surface area contributed by atoms with Crippen LogP contribution < -0.4 is 5.32 Å². The van der Waals surface area contributed by atoms with E-state index in [9.17, 15) is 9.59 Å². The summed E-state index contributed by atoms with van der Waals surface area (Å²) >= 11 is 1.47. The molecule has 6 heteroatoms. The van der Waals surface area contributed by atoms with Gasteiger partial charge in [-0.25, -0.2) is 0 Å². The summed E-state index contributed by atoms with van der Waals surface area (Å²) in [4.78, 5) is 27.2. The molecule has 0 unspecified atom stereocenters. The van der Waals surface area contributed by atoms with Gasteiger partial charge >= 0.3 is 5.97 Å². The van der Waals surface area contributed by atoms with Crippen molar-refractivity contribution < 1.29 is 14.3 Å². The molecule has 0 atom stereocenters. The number of hydrogen-bond acceptors (Lipinski definition) is 5. The third kappa shape index (κ3) is 6.97. The lowest BCUT2D eigenvalue weighted by Crippen LogP contribution is -2.31. The van der Waals surface area contributed by atoms with Crippen LogP contribution in [-0.2, 0) is 26.7 Å². The molecule has 0 saturated carbocycles. The Balaban J connectivity index is 1.57. The normalized spacial score (nSPS) is 10.1. The second kappa shape index (κ2) is 9.63. The van der Waals surface area contributed by atoms with Gasteiger partial charge in [0.15, 0.2) is 0 Å². The number of ether oxygens (including phenoxy) is 1.